The van der Waals surface area contributed by atoms with Crippen LogP contribution in [0.1, 0.15) is 42.9 Å². The summed E-state index contributed by atoms with van der Waals surface area (Å²) in [5, 5.41) is 0. The van der Waals surface area contributed by atoms with Crippen LogP contribution in [0.25, 0.3) is 0 Å². The summed E-state index contributed by atoms with van der Waals surface area (Å²) in [5.41, 5.74) is 10.9. The zero-order chi connectivity index (χ0) is 16.1. The third-order valence-corrected chi connectivity index (χ3v) is 4.38. The quantitative estimate of drug-likeness (QED) is 0.850. The van der Waals surface area contributed by atoms with Crippen molar-refractivity contribution >= 4 is 11.7 Å². The zero-order valence-corrected chi connectivity index (χ0v) is 14.0. The summed E-state index contributed by atoms with van der Waals surface area (Å²) >= 11 is 0. The first-order valence-corrected chi connectivity index (χ1v) is 8.30. The molecule has 1 aliphatic heterocycles. The lowest BCUT2D eigenvalue weighted by Crippen LogP contribution is -2.34. The number of nitrogens with two attached hydrogens (primary N) is 1. The van der Waals surface area contributed by atoms with Crippen molar-refractivity contribution in [1.82, 2.24) is 0 Å². The van der Waals surface area contributed by atoms with E-state index in [9.17, 15) is 4.79 Å². The molecule has 1 fully saturated rings. The van der Waals surface area contributed by atoms with Gasteiger partial charge in [-0.3, -0.25) is 4.79 Å². The summed E-state index contributed by atoms with van der Waals surface area (Å²) in [6.07, 6.45) is 4.41. The van der Waals surface area contributed by atoms with Gasteiger partial charge < -0.3 is 15.4 Å². The van der Waals surface area contributed by atoms with Gasteiger partial charge in [-0.2, -0.15) is 0 Å². The van der Waals surface area contributed by atoms with E-state index in [0.717, 1.165) is 18.7 Å². The fraction of sp³-hybridized carbons (Fsp3) is 0.611. The molecule has 2 N–H and O–H groups in total. The Hall–Kier alpha value is -1.55. The molecule has 1 atom stereocenters. The number of rotatable bonds is 5. The van der Waals surface area contributed by atoms with Gasteiger partial charge in [0.15, 0.2) is 0 Å². The Labute approximate surface area is 133 Å². The van der Waals surface area contributed by atoms with Crippen LogP contribution in [-0.2, 0) is 16.0 Å². The van der Waals surface area contributed by atoms with Crippen molar-refractivity contribution in [3.05, 3.63) is 28.8 Å². The standard InChI is InChI=1S/C18H28N2O2/c1-4-22-18(21)16(19)12-15-10-14(3)17(11-13(15)2)20-8-6-5-7-9-20/h10-11,16H,4-9,12,19H2,1-3H3. The highest BCUT2D eigenvalue weighted by Crippen LogP contribution is 2.27. The zero-order valence-electron chi connectivity index (χ0n) is 14.0. The predicted molar refractivity (Wildman–Crippen MR) is 90.3 cm³/mol. The molecule has 1 aromatic rings. The summed E-state index contributed by atoms with van der Waals surface area (Å²) in [7, 11) is 0. The monoisotopic (exact) mass is 304 g/mol. The number of nitrogens with zero attached hydrogens (tertiary/aromatic N) is 1. The summed E-state index contributed by atoms with van der Waals surface area (Å²) in [5.74, 6) is -0.320. The highest BCUT2D eigenvalue weighted by molar-refractivity contribution is 5.76. The molecule has 2 rings (SSSR count). The number of anilines is 1. The van der Waals surface area contributed by atoms with Gasteiger partial charge >= 0.3 is 5.97 Å². The lowest BCUT2D eigenvalue weighted by molar-refractivity contribution is -0.144. The van der Waals surface area contributed by atoms with E-state index in [1.165, 1.54) is 36.1 Å². The number of benzene rings is 1. The van der Waals surface area contributed by atoms with Gasteiger partial charge in [0.25, 0.3) is 0 Å². The van der Waals surface area contributed by atoms with Crippen LogP contribution in [0.5, 0.6) is 0 Å². The van der Waals surface area contributed by atoms with E-state index in [-0.39, 0.29) is 5.97 Å². The third-order valence-electron chi connectivity index (χ3n) is 4.38. The molecule has 1 saturated heterocycles. The van der Waals surface area contributed by atoms with Crippen molar-refractivity contribution in [2.45, 2.75) is 52.5 Å². The average Bonchev–Trinajstić information content (AvgIpc) is 2.51. The van der Waals surface area contributed by atoms with Gasteiger partial charge in [-0.05, 0) is 69.2 Å². The number of hydrogen-bond acceptors (Lipinski definition) is 4. The largest absolute Gasteiger partial charge is 0.465 e. The number of carbonyl (C=O) groups is 1. The van der Waals surface area contributed by atoms with E-state index in [4.69, 9.17) is 10.5 Å². The third kappa shape index (κ3) is 4.01. The fourth-order valence-corrected chi connectivity index (χ4v) is 3.13. The highest BCUT2D eigenvalue weighted by Gasteiger charge is 2.19. The van der Waals surface area contributed by atoms with E-state index < -0.39 is 6.04 Å². The van der Waals surface area contributed by atoms with Crippen molar-refractivity contribution in [3.8, 4) is 0 Å². The molecule has 1 heterocycles. The van der Waals surface area contributed by atoms with Crippen LogP contribution in [0.2, 0.25) is 0 Å². The van der Waals surface area contributed by atoms with Crippen LogP contribution < -0.4 is 10.6 Å². The molecule has 1 unspecified atom stereocenters. The molecule has 0 saturated carbocycles. The molecule has 1 aliphatic rings. The van der Waals surface area contributed by atoms with Crippen molar-refractivity contribution < 1.29 is 9.53 Å². The maximum atomic E-state index is 11.7. The lowest BCUT2D eigenvalue weighted by Gasteiger charge is -2.31. The van der Waals surface area contributed by atoms with Gasteiger partial charge in [0.1, 0.15) is 6.04 Å². The molecule has 122 valence electrons. The smallest absolute Gasteiger partial charge is 0.323 e. The van der Waals surface area contributed by atoms with E-state index >= 15 is 0 Å². The Morgan fingerprint density at radius 3 is 2.55 bits per heavy atom. The van der Waals surface area contributed by atoms with E-state index in [0.29, 0.717) is 13.0 Å². The first-order valence-electron chi connectivity index (χ1n) is 8.30. The van der Waals surface area contributed by atoms with E-state index in [1.54, 1.807) is 6.92 Å². The molecule has 4 heteroatoms. The van der Waals surface area contributed by atoms with Gasteiger partial charge in [0.05, 0.1) is 6.61 Å². The Kier molecular flexibility index (Phi) is 5.83. The average molecular weight is 304 g/mol. The second-order valence-electron chi connectivity index (χ2n) is 6.18. The minimum absolute atomic E-state index is 0.320. The minimum Gasteiger partial charge on any atom is -0.465 e. The Morgan fingerprint density at radius 2 is 1.91 bits per heavy atom. The molecule has 0 spiro atoms. The van der Waals surface area contributed by atoms with Gasteiger partial charge in [0.2, 0.25) is 0 Å². The molecule has 0 radical (unpaired) electrons. The van der Waals surface area contributed by atoms with Crippen molar-refractivity contribution in [3.63, 3.8) is 0 Å². The molecule has 22 heavy (non-hydrogen) atoms. The Bertz CT molecular complexity index is 522. The SMILES string of the molecule is CCOC(=O)C(N)Cc1cc(C)c(N2CCCCC2)cc1C. The van der Waals surface area contributed by atoms with Crippen LogP contribution in [0.3, 0.4) is 0 Å². The highest BCUT2D eigenvalue weighted by atomic mass is 16.5. The topological polar surface area (TPSA) is 55.6 Å². The van der Waals surface area contributed by atoms with E-state index in [1.807, 2.05) is 0 Å². The van der Waals surface area contributed by atoms with Crippen LogP contribution in [-0.4, -0.2) is 31.7 Å². The molecular formula is C18H28N2O2. The van der Waals surface area contributed by atoms with Gasteiger partial charge in [0, 0.05) is 18.8 Å². The number of aryl methyl sites for hydroxylation is 2. The van der Waals surface area contributed by atoms with Gasteiger partial charge in [-0.1, -0.05) is 6.07 Å². The summed E-state index contributed by atoms with van der Waals surface area (Å²) in [6.45, 7) is 8.69. The molecule has 1 aromatic carbocycles. The second kappa shape index (κ2) is 7.63. The Balaban J connectivity index is 2.13. The molecule has 0 bridgehead atoms. The van der Waals surface area contributed by atoms with Crippen molar-refractivity contribution in [2.24, 2.45) is 5.73 Å². The number of piperidine rings is 1. The molecule has 0 amide bonds. The number of hydrogen-bond donors (Lipinski definition) is 1. The van der Waals surface area contributed by atoms with Crippen LogP contribution in [0, 0.1) is 13.8 Å². The summed E-state index contributed by atoms with van der Waals surface area (Å²) < 4.78 is 4.99. The lowest BCUT2D eigenvalue weighted by atomic mass is 9.97. The van der Waals surface area contributed by atoms with Gasteiger partial charge in [-0.15, -0.1) is 0 Å². The van der Waals surface area contributed by atoms with Crippen LogP contribution in [0.15, 0.2) is 12.1 Å². The van der Waals surface area contributed by atoms with Crippen molar-refractivity contribution in [2.75, 3.05) is 24.6 Å². The molecule has 4 nitrogen and oxygen atoms in total. The number of carbonyl (C=O) groups excluding carboxylic acids is 1. The van der Waals surface area contributed by atoms with Crippen molar-refractivity contribution in [1.29, 1.82) is 0 Å². The number of ether oxygens (including phenoxy) is 1. The van der Waals surface area contributed by atoms with Crippen LogP contribution in [0.4, 0.5) is 5.69 Å². The van der Waals surface area contributed by atoms with Gasteiger partial charge in [-0.25, -0.2) is 0 Å². The normalized spacial score (nSPS) is 16.5. The van der Waals surface area contributed by atoms with Crippen LogP contribution >= 0.6 is 0 Å². The minimum atomic E-state index is -0.584. The second-order valence-corrected chi connectivity index (χ2v) is 6.18. The molecular weight excluding hydrogens is 276 g/mol. The predicted octanol–water partition coefficient (Wildman–Crippen LogP) is 2.73. The molecule has 0 aromatic heterocycles. The maximum absolute atomic E-state index is 11.7. The first-order chi connectivity index (χ1) is 10.5. The first kappa shape index (κ1) is 16.8. The Morgan fingerprint density at radius 1 is 1.23 bits per heavy atom. The fourth-order valence-electron chi connectivity index (χ4n) is 3.13. The number of esters is 1. The molecule has 0 aliphatic carbocycles. The summed E-state index contributed by atoms with van der Waals surface area (Å²) in [4.78, 5) is 14.2. The summed E-state index contributed by atoms with van der Waals surface area (Å²) in [6, 6.07) is 3.84. The van der Waals surface area contributed by atoms with E-state index in [2.05, 4.69) is 30.9 Å². The maximum Gasteiger partial charge on any atom is 0.323 e.